The van der Waals surface area contributed by atoms with Crippen molar-refractivity contribution in [3.63, 3.8) is 0 Å². The Hall–Kier alpha value is -1.38. The molecule has 0 aliphatic carbocycles. The molecule has 0 spiro atoms. The summed E-state index contributed by atoms with van der Waals surface area (Å²) < 4.78 is 5.85. The lowest BCUT2D eigenvalue weighted by molar-refractivity contribution is 0.212. The van der Waals surface area contributed by atoms with Crippen LogP contribution in [0.3, 0.4) is 0 Å². The Kier molecular flexibility index (Phi) is 4.34. The molecule has 0 radical (unpaired) electrons. The molecule has 0 saturated carbocycles. The lowest BCUT2D eigenvalue weighted by Gasteiger charge is -2.35. The maximum atomic E-state index is 5.85. The Morgan fingerprint density at radius 2 is 2.17 bits per heavy atom. The quantitative estimate of drug-likeness (QED) is 0.641. The molecule has 100 valence electrons. The number of rotatable bonds is 5. The van der Waals surface area contributed by atoms with Crippen molar-refractivity contribution in [2.75, 3.05) is 23.7 Å². The third-order valence-corrected chi connectivity index (χ3v) is 3.41. The van der Waals surface area contributed by atoms with Gasteiger partial charge in [0.05, 0.1) is 12.2 Å². The summed E-state index contributed by atoms with van der Waals surface area (Å²) in [5.74, 6) is 0.934. The van der Waals surface area contributed by atoms with E-state index in [1.165, 1.54) is 31.4 Å². The van der Waals surface area contributed by atoms with E-state index in [-0.39, 0.29) is 6.10 Å². The molecule has 2 N–H and O–H groups in total. The zero-order valence-corrected chi connectivity index (χ0v) is 11.5. The average molecular weight is 248 g/mol. The maximum Gasteiger partial charge on any atom is 0.145 e. The van der Waals surface area contributed by atoms with E-state index in [9.17, 15) is 0 Å². The van der Waals surface area contributed by atoms with E-state index in [1.807, 2.05) is 12.1 Å². The maximum absolute atomic E-state index is 5.85. The Bertz CT molecular complexity index is 392. The molecule has 18 heavy (non-hydrogen) atoms. The van der Waals surface area contributed by atoms with Crippen molar-refractivity contribution in [3.8, 4) is 5.75 Å². The highest BCUT2D eigenvalue weighted by atomic mass is 16.5. The number of benzene rings is 1. The highest BCUT2D eigenvalue weighted by Gasteiger charge is 2.22. The van der Waals surface area contributed by atoms with Gasteiger partial charge in [0.1, 0.15) is 11.9 Å². The average Bonchev–Trinajstić information content (AvgIpc) is 2.33. The molecular weight excluding hydrogens is 224 g/mol. The minimum atomic E-state index is 0.241. The molecule has 1 aromatic rings. The standard InChI is InChI=1S/C15H24N2O/c1-3-4-5-6-9-17-11-12(2)18-15-10-13(16)7-8-14(15)17/h7-8,10,12H,3-6,9,11,16H2,1-2H3. The van der Waals surface area contributed by atoms with Crippen LogP contribution in [-0.4, -0.2) is 19.2 Å². The van der Waals surface area contributed by atoms with Gasteiger partial charge in [-0.1, -0.05) is 26.2 Å². The molecule has 1 aliphatic heterocycles. The molecule has 0 saturated heterocycles. The van der Waals surface area contributed by atoms with Gasteiger partial charge in [-0.05, 0) is 25.5 Å². The van der Waals surface area contributed by atoms with Crippen LogP contribution in [-0.2, 0) is 0 Å². The molecule has 1 heterocycles. The van der Waals surface area contributed by atoms with E-state index in [0.29, 0.717) is 0 Å². The van der Waals surface area contributed by atoms with Crippen LogP contribution < -0.4 is 15.4 Å². The Balaban J connectivity index is 2.03. The van der Waals surface area contributed by atoms with Crippen LogP contribution in [0.4, 0.5) is 11.4 Å². The van der Waals surface area contributed by atoms with E-state index >= 15 is 0 Å². The smallest absolute Gasteiger partial charge is 0.145 e. The zero-order chi connectivity index (χ0) is 13.0. The second-order valence-corrected chi connectivity index (χ2v) is 5.16. The molecule has 3 heteroatoms. The number of nitrogen functional groups attached to an aromatic ring is 1. The van der Waals surface area contributed by atoms with Crippen LogP contribution in [0, 0.1) is 0 Å². The predicted octanol–water partition coefficient (Wildman–Crippen LogP) is 3.44. The topological polar surface area (TPSA) is 38.5 Å². The first-order chi connectivity index (χ1) is 8.70. The van der Waals surface area contributed by atoms with Gasteiger partial charge in [0.25, 0.3) is 0 Å². The number of fused-ring (bicyclic) bond motifs is 1. The highest BCUT2D eigenvalue weighted by molar-refractivity contribution is 5.65. The van der Waals surface area contributed by atoms with Crippen molar-refractivity contribution in [1.29, 1.82) is 0 Å². The van der Waals surface area contributed by atoms with Crippen LogP contribution in [0.5, 0.6) is 5.75 Å². The number of unbranched alkanes of at least 4 members (excludes halogenated alkanes) is 3. The second-order valence-electron chi connectivity index (χ2n) is 5.16. The first kappa shape index (κ1) is 13.1. The van der Waals surface area contributed by atoms with E-state index in [0.717, 1.165) is 24.5 Å². The summed E-state index contributed by atoms with van der Waals surface area (Å²) in [4.78, 5) is 2.43. The fourth-order valence-corrected chi connectivity index (χ4v) is 2.49. The minimum Gasteiger partial charge on any atom is -0.487 e. The Morgan fingerprint density at radius 3 is 2.94 bits per heavy atom. The third-order valence-electron chi connectivity index (χ3n) is 3.41. The van der Waals surface area contributed by atoms with E-state index in [1.54, 1.807) is 0 Å². The fourth-order valence-electron chi connectivity index (χ4n) is 2.49. The normalized spacial score (nSPS) is 18.3. The molecule has 0 aromatic heterocycles. The lowest BCUT2D eigenvalue weighted by atomic mass is 10.1. The molecule has 1 aromatic carbocycles. The van der Waals surface area contributed by atoms with Gasteiger partial charge in [0.15, 0.2) is 0 Å². The summed E-state index contributed by atoms with van der Waals surface area (Å²) in [7, 11) is 0. The molecule has 1 aliphatic rings. The van der Waals surface area contributed by atoms with Crippen LogP contribution in [0.2, 0.25) is 0 Å². The summed E-state index contributed by atoms with van der Waals surface area (Å²) in [5, 5.41) is 0. The molecular formula is C15H24N2O. The van der Waals surface area contributed by atoms with Gasteiger partial charge in [-0.3, -0.25) is 0 Å². The van der Waals surface area contributed by atoms with Crippen molar-refractivity contribution >= 4 is 11.4 Å². The summed E-state index contributed by atoms with van der Waals surface area (Å²) in [6.45, 7) is 6.45. The molecule has 3 nitrogen and oxygen atoms in total. The SMILES string of the molecule is CCCCCCN1CC(C)Oc2cc(N)ccc21. The van der Waals surface area contributed by atoms with Gasteiger partial charge < -0.3 is 15.4 Å². The molecule has 0 bridgehead atoms. The van der Waals surface area contributed by atoms with Gasteiger partial charge in [0.2, 0.25) is 0 Å². The van der Waals surface area contributed by atoms with Crippen LogP contribution >= 0.6 is 0 Å². The Labute approximate surface area is 110 Å². The van der Waals surface area contributed by atoms with E-state index < -0.39 is 0 Å². The largest absolute Gasteiger partial charge is 0.487 e. The number of nitrogens with zero attached hydrogens (tertiary/aromatic N) is 1. The van der Waals surface area contributed by atoms with Crippen molar-refractivity contribution in [2.45, 2.75) is 45.6 Å². The first-order valence-corrected chi connectivity index (χ1v) is 7.02. The number of nitrogens with two attached hydrogens (primary N) is 1. The molecule has 1 unspecified atom stereocenters. The summed E-state index contributed by atoms with van der Waals surface area (Å²) >= 11 is 0. The van der Waals surface area contributed by atoms with E-state index in [4.69, 9.17) is 10.5 Å². The van der Waals surface area contributed by atoms with Crippen molar-refractivity contribution in [3.05, 3.63) is 18.2 Å². The van der Waals surface area contributed by atoms with Crippen molar-refractivity contribution < 1.29 is 4.74 Å². The van der Waals surface area contributed by atoms with Crippen molar-refractivity contribution in [1.82, 2.24) is 0 Å². The number of anilines is 2. The number of hydrogen-bond acceptors (Lipinski definition) is 3. The fraction of sp³-hybridized carbons (Fsp3) is 0.600. The minimum absolute atomic E-state index is 0.241. The molecule has 0 amide bonds. The van der Waals surface area contributed by atoms with Gasteiger partial charge in [0, 0.05) is 18.3 Å². The summed E-state index contributed by atoms with van der Waals surface area (Å²) in [6.07, 6.45) is 5.42. The van der Waals surface area contributed by atoms with Gasteiger partial charge >= 0.3 is 0 Å². The lowest BCUT2D eigenvalue weighted by Crippen LogP contribution is -2.39. The molecule has 2 rings (SSSR count). The Morgan fingerprint density at radius 1 is 1.33 bits per heavy atom. The van der Waals surface area contributed by atoms with Crippen molar-refractivity contribution in [2.24, 2.45) is 0 Å². The monoisotopic (exact) mass is 248 g/mol. The second kappa shape index (κ2) is 5.98. The van der Waals surface area contributed by atoms with Gasteiger partial charge in [-0.25, -0.2) is 0 Å². The first-order valence-electron chi connectivity index (χ1n) is 7.02. The summed E-state index contributed by atoms with van der Waals surface area (Å²) in [6, 6.07) is 5.97. The summed E-state index contributed by atoms with van der Waals surface area (Å²) in [5.41, 5.74) is 7.78. The van der Waals surface area contributed by atoms with Crippen LogP contribution in [0.1, 0.15) is 39.5 Å². The highest BCUT2D eigenvalue weighted by Crippen LogP contribution is 2.35. The molecule has 1 atom stereocenters. The van der Waals surface area contributed by atoms with E-state index in [2.05, 4.69) is 24.8 Å². The number of ether oxygens (including phenoxy) is 1. The number of hydrogen-bond donors (Lipinski definition) is 1. The van der Waals surface area contributed by atoms with Gasteiger partial charge in [-0.15, -0.1) is 0 Å². The van der Waals surface area contributed by atoms with Crippen LogP contribution in [0.25, 0.3) is 0 Å². The van der Waals surface area contributed by atoms with Gasteiger partial charge in [-0.2, -0.15) is 0 Å². The third kappa shape index (κ3) is 3.09. The zero-order valence-electron chi connectivity index (χ0n) is 11.5. The predicted molar refractivity (Wildman–Crippen MR) is 77.3 cm³/mol. The van der Waals surface area contributed by atoms with Crippen LogP contribution in [0.15, 0.2) is 18.2 Å². The molecule has 0 fully saturated rings.